The van der Waals surface area contributed by atoms with Gasteiger partial charge in [-0.15, -0.1) is 10.2 Å². The number of aryl methyl sites for hydroxylation is 1. The van der Waals surface area contributed by atoms with E-state index in [-0.39, 0.29) is 23.7 Å². The molecule has 0 fully saturated rings. The Morgan fingerprint density at radius 3 is 2.55 bits per heavy atom. The van der Waals surface area contributed by atoms with Crippen molar-refractivity contribution in [3.8, 4) is 5.75 Å². The Kier molecular flexibility index (Phi) is 4.34. The lowest BCUT2D eigenvalue weighted by Crippen LogP contribution is -2.22. The summed E-state index contributed by atoms with van der Waals surface area (Å²) in [5.41, 5.74) is 0.825. The average molecular weight is 279 g/mol. The topological polar surface area (TPSA) is 60.2 Å². The van der Waals surface area contributed by atoms with Crippen molar-refractivity contribution >= 4 is 0 Å². The van der Waals surface area contributed by atoms with E-state index >= 15 is 0 Å². The monoisotopic (exact) mass is 279 g/mol. The number of halogens is 1. The van der Waals surface area contributed by atoms with Crippen molar-refractivity contribution < 1.29 is 13.5 Å². The van der Waals surface area contributed by atoms with Crippen LogP contribution in [0, 0.1) is 12.7 Å². The molecule has 0 radical (unpaired) electrons. The second-order valence-corrected chi connectivity index (χ2v) is 4.66. The number of benzene rings is 1. The van der Waals surface area contributed by atoms with E-state index in [2.05, 4.69) is 15.5 Å². The Labute approximate surface area is 117 Å². The lowest BCUT2D eigenvalue weighted by molar-refractivity contribution is 0.375. The molecule has 2 unspecified atom stereocenters. The van der Waals surface area contributed by atoms with Gasteiger partial charge in [0.1, 0.15) is 0 Å². The van der Waals surface area contributed by atoms with E-state index in [1.807, 2.05) is 19.9 Å². The summed E-state index contributed by atoms with van der Waals surface area (Å²) in [5, 5.41) is 11.0. The number of rotatable bonds is 5. The molecule has 1 N–H and O–H groups in total. The molecular formula is C14H18FN3O2. The molecule has 2 rings (SSSR count). The Morgan fingerprint density at radius 2 is 2.00 bits per heavy atom. The van der Waals surface area contributed by atoms with Gasteiger partial charge in [-0.25, -0.2) is 4.39 Å². The summed E-state index contributed by atoms with van der Waals surface area (Å²) >= 11 is 0. The van der Waals surface area contributed by atoms with Crippen molar-refractivity contribution in [1.29, 1.82) is 0 Å². The van der Waals surface area contributed by atoms with Gasteiger partial charge in [0.15, 0.2) is 11.6 Å². The highest BCUT2D eigenvalue weighted by Crippen LogP contribution is 2.23. The molecule has 1 aromatic heterocycles. The molecule has 0 aliphatic rings. The molecule has 1 aromatic carbocycles. The van der Waals surface area contributed by atoms with Gasteiger partial charge in [-0.1, -0.05) is 6.07 Å². The summed E-state index contributed by atoms with van der Waals surface area (Å²) < 4.78 is 23.9. The third kappa shape index (κ3) is 3.14. The van der Waals surface area contributed by atoms with Gasteiger partial charge in [-0.05, 0) is 31.5 Å². The van der Waals surface area contributed by atoms with E-state index in [9.17, 15) is 4.39 Å². The molecule has 2 aromatic rings. The average Bonchev–Trinajstić information content (AvgIpc) is 2.85. The fraction of sp³-hybridized carbons (Fsp3) is 0.429. The highest BCUT2D eigenvalue weighted by Gasteiger charge is 2.17. The third-order valence-corrected chi connectivity index (χ3v) is 3.09. The molecule has 108 valence electrons. The zero-order valence-corrected chi connectivity index (χ0v) is 12.0. The molecule has 0 aliphatic heterocycles. The molecule has 0 saturated carbocycles. The largest absolute Gasteiger partial charge is 0.494 e. The van der Waals surface area contributed by atoms with Crippen molar-refractivity contribution in [3.63, 3.8) is 0 Å². The van der Waals surface area contributed by atoms with Crippen LogP contribution in [0.15, 0.2) is 22.6 Å². The van der Waals surface area contributed by atoms with Crippen molar-refractivity contribution in [1.82, 2.24) is 15.5 Å². The van der Waals surface area contributed by atoms with Crippen LogP contribution in [0.25, 0.3) is 0 Å². The molecule has 2 atom stereocenters. The maximum Gasteiger partial charge on any atom is 0.233 e. The molecule has 0 saturated heterocycles. The smallest absolute Gasteiger partial charge is 0.233 e. The van der Waals surface area contributed by atoms with E-state index in [0.29, 0.717) is 11.8 Å². The summed E-state index contributed by atoms with van der Waals surface area (Å²) in [6.45, 7) is 5.61. The Bertz CT molecular complexity index is 586. The fourth-order valence-electron chi connectivity index (χ4n) is 1.98. The standard InChI is InChI=1S/C14H18FN3O2/c1-8(11-5-6-13(19-4)12(15)7-11)16-9(2)14-18-17-10(3)20-14/h5-9,16H,1-4H3. The second kappa shape index (κ2) is 6.00. The molecule has 0 bridgehead atoms. The van der Waals surface area contributed by atoms with E-state index in [1.54, 1.807) is 13.0 Å². The van der Waals surface area contributed by atoms with Crippen LogP contribution < -0.4 is 10.1 Å². The zero-order valence-electron chi connectivity index (χ0n) is 12.0. The van der Waals surface area contributed by atoms with Crippen LogP contribution in [0.1, 0.15) is 43.3 Å². The first-order valence-corrected chi connectivity index (χ1v) is 6.40. The minimum absolute atomic E-state index is 0.0578. The second-order valence-electron chi connectivity index (χ2n) is 4.66. The molecule has 1 heterocycles. The SMILES string of the molecule is COc1ccc(C(C)NC(C)c2nnc(C)o2)cc1F. The van der Waals surface area contributed by atoms with Crippen LogP contribution in [0.5, 0.6) is 5.75 Å². The van der Waals surface area contributed by atoms with E-state index in [0.717, 1.165) is 5.56 Å². The van der Waals surface area contributed by atoms with Gasteiger partial charge in [-0.2, -0.15) is 0 Å². The molecule has 0 aliphatic carbocycles. The van der Waals surface area contributed by atoms with Gasteiger partial charge in [0, 0.05) is 13.0 Å². The first kappa shape index (κ1) is 14.5. The van der Waals surface area contributed by atoms with Crippen molar-refractivity contribution in [2.75, 3.05) is 7.11 Å². The van der Waals surface area contributed by atoms with Crippen LogP contribution >= 0.6 is 0 Å². The maximum atomic E-state index is 13.7. The van der Waals surface area contributed by atoms with Crippen LogP contribution in [-0.4, -0.2) is 17.3 Å². The summed E-state index contributed by atoms with van der Waals surface area (Å²) in [5.74, 6) is 0.904. The van der Waals surface area contributed by atoms with E-state index in [4.69, 9.17) is 9.15 Å². The van der Waals surface area contributed by atoms with E-state index < -0.39 is 0 Å². The summed E-state index contributed by atoms with van der Waals surface area (Å²) in [6, 6.07) is 4.73. The van der Waals surface area contributed by atoms with Gasteiger partial charge in [0.2, 0.25) is 11.8 Å². The van der Waals surface area contributed by atoms with Gasteiger partial charge in [0.25, 0.3) is 0 Å². The normalized spacial score (nSPS) is 14.1. The first-order chi connectivity index (χ1) is 9.51. The minimum Gasteiger partial charge on any atom is -0.494 e. The van der Waals surface area contributed by atoms with Crippen molar-refractivity contribution in [2.45, 2.75) is 32.9 Å². The predicted octanol–water partition coefficient (Wildman–Crippen LogP) is 2.94. The minimum atomic E-state index is -0.375. The zero-order chi connectivity index (χ0) is 14.7. The summed E-state index contributed by atoms with van der Waals surface area (Å²) in [6.07, 6.45) is 0. The first-order valence-electron chi connectivity index (χ1n) is 6.40. The number of nitrogens with zero attached hydrogens (tertiary/aromatic N) is 2. The highest BCUT2D eigenvalue weighted by molar-refractivity contribution is 5.30. The van der Waals surface area contributed by atoms with Gasteiger partial charge < -0.3 is 9.15 Å². The van der Waals surface area contributed by atoms with Crippen molar-refractivity contribution in [3.05, 3.63) is 41.4 Å². The molecule has 0 amide bonds. The maximum absolute atomic E-state index is 13.7. The van der Waals surface area contributed by atoms with E-state index in [1.165, 1.54) is 13.2 Å². The Morgan fingerprint density at radius 1 is 1.25 bits per heavy atom. The fourth-order valence-corrected chi connectivity index (χ4v) is 1.98. The van der Waals surface area contributed by atoms with Crippen LogP contribution in [-0.2, 0) is 0 Å². The van der Waals surface area contributed by atoms with Gasteiger partial charge in [-0.3, -0.25) is 5.32 Å². The molecular weight excluding hydrogens is 261 g/mol. The van der Waals surface area contributed by atoms with Crippen LogP contribution in [0.3, 0.4) is 0 Å². The predicted molar refractivity (Wildman–Crippen MR) is 72.0 cm³/mol. The number of aromatic nitrogens is 2. The summed E-state index contributed by atoms with van der Waals surface area (Å²) in [4.78, 5) is 0. The number of hydrogen-bond acceptors (Lipinski definition) is 5. The van der Waals surface area contributed by atoms with Crippen LogP contribution in [0.4, 0.5) is 4.39 Å². The Hall–Kier alpha value is -1.95. The molecule has 6 heteroatoms. The lowest BCUT2D eigenvalue weighted by atomic mass is 10.1. The third-order valence-electron chi connectivity index (χ3n) is 3.09. The number of methoxy groups -OCH3 is 1. The lowest BCUT2D eigenvalue weighted by Gasteiger charge is -2.18. The molecule has 5 nitrogen and oxygen atoms in total. The highest BCUT2D eigenvalue weighted by atomic mass is 19.1. The molecule has 0 spiro atoms. The van der Waals surface area contributed by atoms with Crippen molar-refractivity contribution in [2.24, 2.45) is 0 Å². The molecule has 20 heavy (non-hydrogen) atoms. The van der Waals surface area contributed by atoms with Crippen LogP contribution in [0.2, 0.25) is 0 Å². The number of hydrogen-bond donors (Lipinski definition) is 1. The van der Waals surface area contributed by atoms with Gasteiger partial charge in [0.05, 0.1) is 13.2 Å². The quantitative estimate of drug-likeness (QED) is 0.911. The number of ether oxygens (including phenoxy) is 1. The summed E-state index contributed by atoms with van der Waals surface area (Å²) in [7, 11) is 1.44. The number of nitrogens with one attached hydrogen (secondary N) is 1. The Balaban J connectivity index is 2.07. The van der Waals surface area contributed by atoms with Gasteiger partial charge >= 0.3 is 0 Å².